The van der Waals surface area contributed by atoms with Crippen LogP contribution in [0.25, 0.3) is 18.2 Å². The smallest absolute Gasteiger partial charge is 0.338 e. The van der Waals surface area contributed by atoms with Crippen molar-refractivity contribution in [2.45, 2.75) is 75.2 Å². The molecule has 318 valence electrons. The largest absolute Gasteiger partial charge is 0.478 e. The first-order valence-electron chi connectivity index (χ1n) is 17.6. The standard InChI is InChI=1S/C11H11N3O3.C11H14N2O4.C6H6N2O3.C5H9ClO.C5H7NO/c1-8-12-9(17-13-8)5-6-11(16)14-7-3-2-4-10(14)15;1-7-12-8(17-13-7)5-6-9(14)16-10(15)11(2,3)4;1-4-7-5(11-8-4)2-3-6(9)10;1-5(2,3)4(6)7;7-5-3-1-2-4-6-5/h2,4-6H,3,7H2,1H3;5-6H,1-4H3;2-3H,1H3,(H,9,10);1-3H3;1,3H,2,4H2,(H,6,7)/b2*6-5+;3-2+;;. The molecule has 5 heterocycles. The normalized spacial score (nSPS) is 13.6. The molecule has 0 fully saturated rings. The highest BCUT2D eigenvalue weighted by Gasteiger charge is 2.25. The van der Waals surface area contributed by atoms with Crippen molar-refractivity contribution in [2.75, 3.05) is 13.1 Å². The number of esters is 2. The van der Waals surface area contributed by atoms with Crippen LogP contribution < -0.4 is 5.32 Å². The van der Waals surface area contributed by atoms with Crippen LogP contribution in [0.15, 0.2) is 56.1 Å². The maximum absolute atomic E-state index is 11.7. The molecule has 0 bridgehead atoms. The van der Waals surface area contributed by atoms with Gasteiger partial charge in [0.2, 0.25) is 11.1 Å². The number of carboxylic acid groups (broad SMARTS) is 1. The molecule has 2 aliphatic rings. The Kier molecular flexibility index (Phi) is 21.2. The Hall–Kier alpha value is -6.70. The van der Waals surface area contributed by atoms with E-state index in [0.717, 1.165) is 25.1 Å². The van der Waals surface area contributed by atoms with Crippen LogP contribution in [0.3, 0.4) is 0 Å². The van der Waals surface area contributed by atoms with Crippen molar-refractivity contribution in [3.8, 4) is 0 Å². The summed E-state index contributed by atoms with van der Waals surface area (Å²) < 4.78 is 18.7. The first kappa shape index (κ1) is 50.3. The molecule has 0 saturated carbocycles. The molecule has 2 aliphatic heterocycles. The lowest BCUT2D eigenvalue weighted by molar-refractivity contribution is -0.162. The number of carbonyl (C=O) groups is 7. The van der Waals surface area contributed by atoms with Gasteiger partial charge in [-0.3, -0.25) is 28.9 Å². The molecule has 3 aromatic heterocycles. The molecule has 0 atom stereocenters. The molecule has 0 radical (unpaired) electrons. The zero-order valence-corrected chi connectivity index (χ0v) is 34.8. The first-order chi connectivity index (χ1) is 27.5. The van der Waals surface area contributed by atoms with Gasteiger partial charge in [0.25, 0.3) is 29.5 Å². The van der Waals surface area contributed by atoms with Gasteiger partial charge in [-0.2, -0.15) is 15.0 Å². The molecule has 2 N–H and O–H groups in total. The summed E-state index contributed by atoms with van der Waals surface area (Å²) in [6.07, 6.45) is 15.4. The van der Waals surface area contributed by atoms with Gasteiger partial charge in [0.05, 0.1) is 5.41 Å². The predicted molar refractivity (Wildman–Crippen MR) is 210 cm³/mol. The molecule has 20 nitrogen and oxygen atoms in total. The number of carboxylic acids is 1. The molecule has 59 heavy (non-hydrogen) atoms. The first-order valence-corrected chi connectivity index (χ1v) is 18.0. The third-order valence-corrected chi connectivity index (χ3v) is 6.88. The van der Waals surface area contributed by atoms with Gasteiger partial charge in [0.15, 0.2) is 17.5 Å². The summed E-state index contributed by atoms with van der Waals surface area (Å²) in [6.45, 7) is 16.5. The van der Waals surface area contributed by atoms with Crippen LogP contribution in [0.2, 0.25) is 0 Å². The third kappa shape index (κ3) is 22.6. The van der Waals surface area contributed by atoms with Crippen LogP contribution in [0, 0.1) is 31.6 Å². The van der Waals surface area contributed by atoms with Crippen molar-refractivity contribution < 1.29 is 57.0 Å². The van der Waals surface area contributed by atoms with Gasteiger partial charge >= 0.3 is 17.9 Å². The predicted octanol–water partition coefficient (Wildman–Crippen LogP) is 4.55. The van der Waals surface area contributed by atoms with Gasteiger partial charge in [-0.15, -0.1) is 0 Å². The summed E-state index contributed by atoms with van der Waals surface area (Å²) in [7, 11) is 0. The number of imide groups is 1. The quantitative estimate of drug-likeness (QED) is 0.149. The summed E-state index contributed by atoms with van der Waals surface area (Å²) in [5.41, 5.74) is -1.09. The average Bonchev–Trinajstić information content (AvgIpc) is 3.90. The second-order valence-electron chi connectivity index (χ2n) is 13.9. The Morgan fingerprint density at radius 2 is 1.20 bits per heavy atom. The number of hydrogen-bond acceptors (Lipinski definition) is 17. The molecular weight excluding hydrogens is 796 g/mol. The van der Waals surface area contributed by atoms with E-state index >= 15 is 0 Å². The third-order valence-electron chi connectivity index (χ3n) is 6.32. The Bertz CT molecular complexity index is 2060. The lowest BCUT2D eigenvalue weighted by Crippen LogP contribution is -2.37. The Morgan fingerprint density at radius 1 is 0.746 bits per heavy atom. The van der Waals surface area contributed by atoms with E-state index < -0.39 is 23.3 Å². The summed E-state index contributed by atoms with van der Waals surface area (Å²) in [4.78, 5) is 88.9. The monoisotopic (exact) mass is 842 g/mol. The zero-order chi connectivity index (χ0) is 44.8. The van der Waals surface area contributed by atoms with Crippen molar-refractivity contribution >= 4 is 70.7 Å². The van der Waals surface area contributed by atoms with Gasteiger partial charge in [-0.25, -0.2) is 9.59 Å². The second-order valence-corrected chi connectivity index (χ2v) is 14.2. The fourth-order valence-electron chi connectivity index (χ4n) is 3.27. The molecule has 5 rings (SSSR count). The highest BCUT2D eigenvalue weighted by Crippen LogP contribution is 2.16. The van der Waals surface area contributed by atoms with Crippen LogP contribution in [0.4, 0.5) is 0 Å². The van der Waals surface area contributed by atoms with Crippen LogP contribution in [0.5, 0.6) is 0 Å². The van der Waals surface area contributed by atoms with E-state index in [1.807, 2.05) is 6.08 Å². The minimum atomic E-state index is -1.04. The van der Waals surface area contributed by atoms with Gasteiger partial charge in [-0.05, 0) is 78.1 Å². The number of aryl methyl sites for hydroxylation is 3. The molecular formula is C38H47ClN8O12. The Balaban J connectivity index is 0.000000387. The second kappa shape index (κ2) is 24.8. The van der Waals surface area contributed by atoms with Gasteiger partial charge in [-0.1, -0.05) is 48.4 Å². The minimum Gasteiger partial charge on any atom is -0.478 e. The summed E-state index contributed by atoms with van der Waals surface area (Å²) in [6, 6.07) is 0. The van der Waals surface area contributed by atoms with E-state index in [4.69, 9.17) is 25.8 Å². The van der Waals surface area contributed by atoms with Crippen molar-refractivity contribution in [3.05, 3.63) is 77.7 Å². The van der Waals surface area contributed by atoms with Gasteiger partial charge in [0, 0.05) is 55.0 Å². The number of carbonyl (C=O) groups excluding carboxylic acids is 6. The van der Waals surface area contributed by atoms with Crippen LogP contribution in [-0.4, -0.2) is 94.4 Å². The Labute approximate surface area is 344 Å². The highest BCUT2D eigenvalue weighted by atomic mass is 35.5. The molecule has 0 spiro atoms. The van der Waals surface area contributed by atoms with Crippen molar-refractivity contribution in [1.29, 1.82) is 0 Å². The summed E-state index contributed by atoms with van der Waals surface area (Å²) >= 11 is 5.11. The fourth-order valence-corrected chi connectivity index (χ4v) is 3.27. The number of aliphatic carboxylic acids is 1. The van der Waals surface area contributed by atoms with Crippen LogP contribution in [0.1, 0.15) is 89.5 Å². The van der Waals surface area contributed by atoms with E-state index in [9.17, 15) is 33.6 Å². The highest BCUT2D eigenvalue weighted by molar-refractivity contribution is 6.64. The van der Waals surface area contributed by atoms with E-state index in [0.29, 0.717) is 30.4 Å². The average molecular weight is 843 g/mol. The lowest BCUT2D eigenvalue weighted by atomic mass is 9.97. The van der Waals surface area contributed by atoms with Crippen LogP contribution >= 0.6 is 11.6 Å². The van der Waals surface area contributed by atoms with Crippen molar-refractivity contribution in [2.24, 2.45) is 10.8 Å². The number of rotatable bonds is 6. The zero-order valence-electron chi connectivity index (χ0n) is 34.0. The molecule has 21 heteroatoms. The SMILES string of the molecule is CC(C)(C)C(=O)Cl.Cc1noc(/C=C/C(=O)N2CCC=CC2=O)n1.Cc1noc(/C=C/C(=O)O)n1.Cc1noc(/C=C/C(=O)OC(=O)C(C)(C)C)n1.O=C1C=CCCN1. The van der Waals surface area contributed by atoms with E-state index in [1.165, 1.54) is 35.3 Å². The lowest BCUT2D eigenvalue weighted by Gasteiger charge is -2.19. The fraction of sp³-hybridized carbons (Fsp3) is 0.395. The van der Waals surface area contributed by atoms with Gasteiger partial charge in [0.1, 0.15) is 0 Å². The van der Waals surface area contributed by atoms with E-state index in [2.05, 4.69) is 45.0 Å². The number of aromatic nitrogens is 6. The maximum atomic E-state index is 11.7. The van der Waals surface area contributed by atoms with E-state index in [1.54, 1.807) is 74.5 Å². The molecule has 0 saturated heterocycles. The molecule has 0 aliphatic carbocycles. The summed E-state index contributed by atoms with van der Waals surface area (Å²) in [5, 5.41) is 21.2. The number of nitrogens with one attached hydrogen (secondary N) is 1. The minimum absolute atomic E-state index is 0.0336. The maximum Gasteiger partial charge on any atom is 0.338 e. The number of ether oxygens (including phenoxy) is 1. The van der Waals surface area contributed by atoms with Crippen molar-refractivity contribution in [1.82, 2.24) is 40.6 Å². The van der Waals surface area contributed by atoms with Crippen molar-refractivity contribution in [3.63, 3.8) is 0 Å². The number of amides is 3. The topological polar surface area (TPSA) is 281 Å². The van der Waals surface area contributed by atoms with E-state index in [-0.39, 0.29) is 46.1 Å². The summed E-state index contributed by atoms with van der Waals surface area (Å²) in [5.74, 6) is -0.971. The number of halogens is 1. The number of hydrogen-bond donors (Lipinski definition) is 2. The van der Waals surface area contributed by atoms with Gasteiger partial charge < -0.3 is 28.7 Å². The van der Waals surface area contributed by atoms with Crippen LogP contribution in [-0.2, 0) is 38.3 Å². The molecule has 0 unspecified atom stereocenters. The molecule has 3 amide bonds. The number of nitrogens with zero attached hydrogens (tertiary/aromatic N) is 7. The molecule has 0 aromatic carbocycles. The Morgan fingerprint density at radius 3 is 1.54 bits per heavy atom. The molecule has 3 aromatic rings.